The van der Waals surface area contributed by atoms with Gasteiger partial charge in [-0.15, -0.1) is 0 Å². The SMILES string of the molecule is Cc1cc2ncn(CCP(C(C)(C)C)C(C)(C)C)c2cc1C. The Morgan fingerprint density at radius 3 is 2.05 bits per heavy atom. The van der Waals surface area contributed by atoms with E-state index < -0.39 is 0 Å². The van der Waals surface area contributed by atoms with Gasteiger partial charge in [0.25, 0.3) is 0 Å². The van der Waals surface area contributed by atoms with Gasteiger partial charge < -0.3 is 4.57 Å². The molecule has 0 saturated carbocycles. The van der Waals surface area contributed by atoms with Gasteiger partial charge in [-0.25, -0.2) is 4.98 Å². The summed E-state index contributed by atoms with van der Waals surface area (Å²) in [6.45, 7) is 19.8. The third kappa shape index (κ3) is 3.71. The summed E-state index contributed by atoms with van der Waals surface area (Å²) < 4.78 is 2.34. The molecule has 1 aromatic carbocycles. The Labute approximate surface area is 137 Å². The monoisotopic (exact) mass is 318 g/mol. The lowest BCUT2D eigenvalue weighted by Gasteiger charge is -2.41. The minimum atomic E-state index is -0.0654. The van der Waals surface area contributed by atoms with E-state index in [1.165, 1.54) is 22.8 Å². The smallest absolute Gasteiger partial charge is 0.0958 e. The number of fused-ring (bicyclic) bond motifs is 1. The molecular formula is C19H31N2P. The van der Waals surface area contributed by atoms with Crippen LogP contribution in [0.4, 0.5) is 0 Å². The molecule has 0 atom stereocenters. The lowest BCUT2D eigenvalue weighted by molar-refractivity contribution is 0.687. The molecule has 22 heavy (non-hydrogen) atoms. The van der Waals surface area contributed by atoms with Crippen LogP contribution < -0.4 is 0 Å². The minimum absolute atomic E-state index is 0.0654. The number of benzene rings is 1. The Balaban J connectivity index is 2.26. The average Bonchev–Trinajstić information content (AvgIpc) is 2.69. The van der Waals surface area contributed by atoms with Gasteiger partial charge in [-0.1, -0.05) is 49.5 Å². The molecule has 0 aliphatic heterocycles. The zero-order valence-electron chi connectivity index (χ0n) is 15.5. The molecule has 0 fully saturated rings. The van der Waals surface area contributed by atoms with Crippen LogP contribution >= 0.6 is 7.92 Å². The predicted octanol–water partition coefficient (Wildman–Crippen LogP) is 5.73. The summed E-state index contributed by atoms with van der Waals surface area (Å²) in [4.78, 5) is 4.59. The third-order valence-electron chi connectivity index (χ3n) is 4.42. The fourth-order valence-electron chi connectivity index (χ4n) is 3.38. The molecule has 0 spiro atoms. The predicted molar refractivity (Wildman–Crippen MR) is 101 cm³/mol. The van der Waals surface area contributed by atoms with Gasteiger partial charge >= 0.3 is 0 Å². The average molecular weight is 318 g/mol. The van der Waals surface area contributed by atoms with Gasteiger partial charge in [-0.3, -0.25) is 0 Å². The van der Waals surface area contributed by atoms with Crippen molar-refractivity contribution in [1.29, 1.82) is 0 Å². The highest BCUT2D eigenvalue weighted by atomic mass is 31.1. The minimum Gasteiger partial charge on any atom is -0.330 e. The standard InChI is InChI=1S/C19H31N2P/c1-14-11-16-17(12-15(14)2)21(13-20-16)9-10-22(18(3,4)5)19(6,7)8/h11-13H,9-10H2,1-8H3. The van der Waals surface area contributed by atoms with Crippen molar-refractivity contribution in [3.63, 3.8) is 0 Å². The molecule has 122 valence electrons. The summed E-state index contributed by atoms with van der Waals surface area (Å²) in [6.07, 6.45) is 3.27. The fourth-order valence-corrected chi connectivity index (χ4v) is 7.15. The van der Waals surface area contributed by atoms with Gasteiger partial charge in [0.15, 0.2) is 0 Å². The molecule has 0 bridgehead atoms. The quantitative estimate of drug-likeness (QED) is 0.661. The summed E-state index contributed by atoms with van der Waals surface area (Å²) >= 11 is 0. The topological polar surface area (TPSA) is 17.8 Å². The summed E-state index contributed by atoms with van der Waals surface area (Å²) in [5, 5.41) is 0.771. The van der Waals surface area contributed by atoms with E-state index in [1.54, 1.807) is 0 Å². The molecule has 2 nitrogen and oxygen atoms in total. The van der Waals surface area contributed by atoms with Crippen LogP contribution in [0.2, 0.25) is 0 Å². The van der Waals surface area contributed by atoms with Crippen molar-refractivity contribution < 1.29 is 0 Å². The van der Waals surface area contributed by atoms with Gasteiger partial charge in [0, 0.05) is 6.54 Å². The number of rotatable bonds is 3. The molecule has 0 saturated heterocycles. The zero-order valence-corrected chi connectivity index (χ0v) is 16.4. The second kappa shape index (κ2) is 5.96. The van der Waals surface area contributed by atoms with E-state index in [9.17, 15) is 0 Å². The van der Waals surface area contributed by atoms with Crippen LogP contribution in [-0.2, 0) is 6.54 Å². The first-order chi connectivity index (χ1) is 10.00. The normalized spacial score (nSPS) is 13.3. The van der Waals surface area contributed by atoms with Crippen LogP contribution in [-0.4, -0.2) is 26.0 Å². The number of aromatic nitrogens is 2. The fraction of sp³-hybridized carbons (Fsp3) is 0.632. The second-order valence-electron chi connectivity index (χ2n) is 8.36. The zero-order chi connectivity index (χ0) is 16.7. The second-order valence-corrected chi connectivity index (χ2v) is 12.3. The van der Waals surface area contributed by atoms with Crippen molar-refractivity contribution >= 4 is 19.0 Å². The Kier molecular flexibility index (Phi) is 4.74. The lowest BCUT2D eigenvalue weighted by atomic mass is 10.1. The highest BCUT2D eigenvalue weighted by Gasteiger charge is 2.33. The van der Waals surface area contributed by atoms with E-state index in [-0.39, 0.29) is 7.92 Å². The van der Waals surface area contributed by atoms with Crippen LogP contribution in [0.3, 0.4) is 0 Å². The van der Waals surface area contributed by atoms with E-state index in [1.807, 2.05) is 6.33 Å². The van der Waals surface area contributed by atoms with Crippen LogP contribution in [0.5, 0.6) is 0 Å². The van der Waals surface area contributed by atoms with E-state index in [0.717, 1.165) is 12.1 Å². The molecule has 0 unspecified atom stereocenters. The van der Waals surface area contributed by atoms with Crippen LogP contribution in [0.25, 0.3) is 11.0 Å². The van der Waals surface area contributed by atoms with Crippen LogP contribution in [0, 0.1) is 13.8 Å². The van der Waals surface area contributed by atoms with Gasteiger partial charge in [0.1, 0.15) is 0 Å². The maximum Gasteiger partial charge on any atom is 0.0958 e. The van der Waals surface area contributed by atoms with Gasteiger partial charge in [-0.2, -0.15) is 0 Å². The van der Waals surface area contributed by atoms with Gasteiger partial charge in [0.05, 0.1) is 17.4 Å². The largest absolute Gasteiger partial charge is 0.330 e. The molecule has 1 heterocycles. The number of nitrogens with zero attached hydrogens (tertiary/aromatic N) is 2. The van der Waals surface area contributed by atoms with Crippen LogP contribution in [0.15, 0.2) is 18.5 Å². The molecule has 3 heteroatoms. The Bertz CT molecular complexity index is 642. The van der Waals surface area contributed by atoms with Gasteiger partial charge in [0.2, 0.25) is 0 Å². The number of hydrogen-bond acceptors (Lipinski definition) is 1. The number of hydrogen-bond donors (Lipinski definition) is 0. The van der Waals surface area contributed by atoms with E-state index >= 15 is 0 Å². The van der Waals surface area contributed by atoms with Crippen molar-refractivity contribution in [2.75, 3.05) is 6.16 Å². The first kappa shape index (κ1) is 17.5. The summed E-state index contributed by atoms with van der Waals surface area (Å²) in [5.74, 6) is 0. The van der Waals surface area contributed by atoms with Gasteiger partial charge in [-0.05, 0) is 53.6 Å². The van der Waals surface area contributed by atoms with E-state index in [2.05, 4.69) is 77.1 Å². The van der Waals surface area contributed by atoms with Crippen molar-refractivity contribution in [2.24, 2.45) is 0 Å². The Morgan fingerprint density at radius 1 is 0.955 bits per heavy atom. The van der Waals surface area contributed by atoms with E-state index in [0.29, 0.717) is 10.3 Å². The highest BCUT2D eigenvalue weighted by molar-refractivity contribution is 7.60. The van der Waals surface area contributed by atoms with Crippen molar-refractivity contribution in [1.82, 2.24) is 9.55 Å². The third-order valence-corrected chi connectivity index (χ3v) is 8.31. The molecule has 2 aromatic rings. The maximum atomic E-state index is 4.59. The first-order valence-corrected chi connectivity index (χ1v) is 9.72. The van der Waals surface area contributed by atoms with E-state index in [4.69, 9.17) is 0 Å². The van der Waals surface area contributed by atoms with Crippen molar-refractivity contribution in [3.05, 3.63) is 29.6 Å². The highest BCUT2D eigenvalue weighted by Crippen LogP contribution is 2.59. The molecule has 1 aromatic heterocycles. The molecule has 0 N–H and O–H groups in total. The maximum absolute atomic E-state index is 4.59. The first-order valence-electron chi connectivity index (χ1n) is 8.20. The molecule has 0 amide bonds. The number of imidazole rings is 1. The molecule has 0 radical (unpaired) electrons. The molecule has 0 aliphatic carbocycles. The van der Waals surface area contributed by atoms with Crippen LogP contribution in [0.1, 0.15) is 52.7 Å². The molecular weight excluding hydrogens is 287 g/mol. The van der Waals surface area contributed by atoms with Crippen molar-refractivity contribution in [2.45, 2.75) is 72.2 Å². The molecule has 2 rings (SSSR count). The Hall–Kier alpha value is -0.880. The molecule has 0 aliphatic rings. The van der Waals surface area contributed by atoms with Crippen molar-refractivity contribution in [3.8, 4) is 0 Å². The number of aryl methyl sites for hydroxylation is 3. The summed E-state index contributed by atoms with van der Waals surface area (Å²) in [6, 6.07) is 4.49. The summed E-state index contributed by atoms with van der Waals surface area (Å²) in [7, 11) is -0.0654. The lowest BCUT2D eigenvalue weighted by Crippen LogP contribution is -2.27. The Morgan fingerprint density at radius 2 is 1.50 bits per heavy atom. The summed E-state index contributed by atoms with van der Waals surface area (Å²) in [5.41, 5.74) is 5.08.